The monoisotopic (exact) mass is 568 g/mol. The van der Waals surface area contributed by atoms with Crippen LogP contribution in [0.15, 0.2) is 65.9 Å². The molecule has 2 aromatic carbocycles. The number of likely N-dealkylation sites (tertiary alicyclic amines) is 2. The number of amides is 2. The molecule has 3 aliphatic heterocycles. The summed E-state index contributed by atoms with van der Waals surface area (Å²) in [5.41, 5.74) is 4.52. The molecule has 1 aliphatic carbocycles. The number of benzene rings is 2. The minimum absolute atomic E-state index is 0.214. The van der Waals surface area contributed by atoms with Gasteiger partial charge in [-0.2, -0.15) is 5.10 Å². The van der Waals surface area contributed by atoms with Crippen LogP contribution in [0.25, 0.3) is 22.3 Å². The van der Waals surface area contributed by atoms with Crippen LogP contribution in [-0.2, 0) is 16.6 Å². The lowest BCUT2D eigenvalue weighted by atomic mass is 9.89. The van der Waals surface area contributed by atoms with E-state index >= 15 is 0 Å². The first-order valence-electron chi connectivity index (χ1n) is 14.7. The molecule has 7 rings (SSSR count). The summed E-state index contributed by atoms with van der Waals surface area (Å²) in [5.74, 6) is 1.47. The molecular weight excluding hydrogens is 532 g/mol. The molecule has 0 radical (unpaired) electrons. The third-order valence-corrected chi connectivity index (χ3v) is 9.12. The van der Waals surface area contributed by atoms with Crippen LogP contribution in [0.4, 0.5) is 4.79 Å². The predicted octanol–water partition coefficient (Wildman–Crippen LogP) is 3.21. The number of hydrogen-bond donors (Lipinski definition) is 1. The first kappa shape index (κ1) is 26.7. The summed E-state index contributed by atoms with van der Waals surface area (Å²) < 4.78 is 6.68. The molecule has 0 bridgehead atoms. The number of rotatable bonds is 6. The number of amidine groups is 1. The van der Waals surface area contributed by atoms with Gasteiger partial charge in [0, 0.05) is 49.9 Å². The number of ether oxygens (including phenoxy) is 1. The Labute approximate surface area is 245 Å². The van der Waals surface area contributed by atoms with Crippen LogP contribution >= 0.6 is 0 Å². The summed E-state index contributed by atoms with van der Waals surface area (Å²) in [5, 5.41) is 15.9. The largest absolute Gasteiger partial charge is 0.453 e. The lowest BCUT2D eigenvalue weighted by Gasteiger charge is -2.47. The molecule has 1 N–H and O–H groups in total. The first-order chi connectivity index (χ1) is 20.3. The number of aryl methyl sites for hydroxylation is 1. The van der Waals surface area contributed by atoms with E-state index in [9.17, 15) is 14.7 Å². The van der Waals surface area contributed by atoms with Crippen LogP contribution in [0.1, 0.15) is 24.8 Å². The highest BCUT2D eigenvalue weighted by molar-refractivity contribution is 6.01. The molecule has 1 aromatic heterocycles. The Hall–Kier alpha value is -4.18. The lowest BCUT2D eigenvalue weighted by molar-refractivity contribution is -0.131. The van der Waals surface area contributed by atoms with Crippen LogP contribution in [0, 0.1) is 11.8 Å². The highest BCUT2D eigenvalue weighted by atomic mass is 16.5. The van der Waals surface area contributed by atoms with E-state index in [2.05, 4.69) is 53.6 Å². The minimum atomic E-state index is -0.860. The van der Waals surface area contributed by atoms with Crippen LogP contribution < -0.4 is 0 Å². The number of aliphatic imine (C=N–C) groups is 1. The SMILES string of the molecule is COC(=O)N1CC2(C1)N=C(c1ccc(-c3ccc(-c4cnn(C)c4)cc3)cc1)N(C[C@@H]1CCN(C(=O)C3CC3)C1)C2O. The molecule has 4 heterocycles. The Bertz CT molecular complexity index is 1520. The average Bonchev–Trinajstić information content (AvgIpc) is 3.46. The normalized spacial score (nSPS) is 22.8. The van der Waals surface area contributed by atoms with E-state index in [1.165, 1.54) is 7.11 Å². The number of aliphatic hydroxyl groups is 1. The van der Waals surface area contributed by atoms with Crippen LogP contribution in [-0.4, -0.2) is 99.0 Å². The average molecular weight is 569 g/mol. The molecular formula is C32H36N6O4. The summed E-state index contributed by atoms with van der Waals surface area (Å²) in [7, 11) is 3.27. The van der Waals surface area contributed by atoms with Crippen molar-refractivity contribution in [2.45, 2.75) is 31.0 Å². The van der Waals surface area contributed by atoms with E-state index in [-0.39, 0.29) is 17.7 Å². The van der Waals surface area contributed by atoms with Gasteiger partial charge in [0.05, 0.1) is 26.4 Å². The number of methoxy groups -OCH3 is 1. The molecule has 3 aromatic rings. The van der Waals surface area contributed by atoms with Gasteiger partial charge in [0.25, 0.3) is 0 Å². The fourth-order valence-corrected chi connectivity index (χ4v) is 6.55. The smallest absolute Gasteiger partial charge is 0.409 e. The van der Waals surface area contributed by atoms with Crippen molar-refractivity contribution in [2.75, 3.05) is 39.8 Å². The lowest BCUT2D eigenvalue weighted by Crippen LogP contribution is -2.68. The maximum atomic E-state index is 12.7. The van der Waals surface area contributed by atoms with Crippen LogP contribution in [0.5, 0.6) is 0 Å². The zero-order valence-electron chi connectivity index (χ0n) is 24.0. The van der Waals surface area contributed by atoms with E-state index in [0.717, 1.165) is 59.5 Å². The van der Waals surface area contributed by atoms with Crippen molar-refractivity contribution < 1.29 is 19.4 Å². The molecule has 2 saturated heterocycles. The van der Waals surface area contributed by atoms with E-state index in [4.69, 9.17) is 9.73 Å². The molecule has 1 unspecified atom stereocenters. The van der Waals surface area contributed by atoms with Gasteiger partial charge in [0.2, 0.25) is 5.91 Å². The van der Waals surface area contributed by atoms with Crippen molar-refractivity contribution in [2.24, 2.45) is 23.9 Å². The Morgan fingerprint density at radius 2 is 1.55 bits per heavy atom. The Kier molecular flexibility index (Phi) is 6.53. The summed E-state index contributed by atoms with van der Waals surface area (Å²) in [6, 6.07) is 16.7. The molecule has 10 heteroatoms. The van der Waals surface area contributed by atoms with E-state index in [0.29, 0.717) is 26.2 Å². The fourth-order valence-electron chi connectivity index (χ4n) is 6.55. The Morgan fingerprint density at radius 1 is 0.929 bits per heavy atom. The summed E-state index contributed by atoms with van der Waals surface area (Å²) in [6.45, 7) is 2.69. The number of carbonyl (C=O) groups excluding carboxylic acids is 2. The zero-order chi connectivity index (χ0) is 29.0. The van der Waals surface area contributed by atoms with Gasteiger partial charge >= 0.3 is 6.09 Å². The Morgan fingerprint density at radius 3 is 2.12 bits per heavy atom. The maximum absolute atomic E-state index is 12.7. The van der Waals surface area contributed by atoms with Crippen molar-refractivity contribution in [3.63, 3.8) is 0 Å². The molecule has 42 heavy (non-hydrogen) atoms. The summed E-state index contributed by atoms with van der Waals surface area (Å²) in [4.78, 5) is 35.4. The van der Waals surface area contributed by atoms with Gasteiger partial charge in [-0.05, 0) is 41.9 Å². The van der Waals surface area contributed by atoms with Gasteiger partial charge in [0.15, 0.2) is 6.23 Å². The van der Waals surface area contributed by atoms with Crippen molar-refractivity contribution in [3.8, 4) is 22.3 Å². The van der Waals surface area contributed by atoms with Crippen molar-refractivity contribution in [1.29, 1.82) is 0 Å². The maximum Gasteiger partial charge on any atom is 0.409 e. The predicted molar refractivity (Wildman–Crippen MR) is 157 cm³/mol. The number of carbonyl (C=O) groups is 2. The minimum Gasteiger partial charge on any atom is -0.453 e. The van der Waals surface area contributed by atoms with Crippen molar-refractivity contribution >= 4 is 17.8 Å². The fraction of sp³-hybridized carbons (Fsp3) is 0.438. The van der Waals surface area contributed by atoms with Gasteiger partial charge in [-0.3, -0.25) is 14.5 Å². The highest BCUT2D eigenvalue weighted by Gasteiger charge is 2.57. The molecule has 4 aliphatic rings. The van der Waals surface area contributed by atoms with Crippen molar-refractivity contribution in [3.05, 3.63) is 66.5 Å². The quantitative estimate of drug-likeness (QED) is 0.490. The van der Waals surface area contributed by atoms with Gasteiger partial charge in [-0.1, -0.05) is 48.5 Å². The van der Waals surface area contributed by atoms with Crippen LogP contribution in [0.2, 0.25) is 0 Å². The number of aliphatic hydroxyl groups excluding tert-OH is 1. The van der Waals surface area contributed by atoms with Gasteiger partial charge < -0.3 is 24.5 Å². The van der Waals surface area contributed by atoms with E-state index in [1.54, 1.807) is 9.58 Å². The van der Waals surface area contributed by atoms with Crippen molar-refractivity contribution in [1.82, 2.24) is 24.5 Å². The Balaban J connectivity index is 1.11. The number of nitrogens with zero attached hydrogens (tertiary/aromatic N) is 6. The zero-order valence-corrected chi connectivity index (χ0v) is 24.0. The topological polar surface area (TPSA) is 104 Å². The second-order valence-corrected chi connectivity index (χ2v) is 12.2. The second-order valence-electron chi connectivity index (χ2n) is 12.2. The first-order valence-corrected chi connectivity index (χ1v) is 14.7. The third kappa shape index (κ3) is 4.73. The standard InChI is InChI=1S/C32H36N6O4/c1-35-18-27(15-33-35)24-5-3-22(4-6-24)23-7-9-25(10-8-23)28-34-32(19-37(20-32)31(41)42-2)30(40)38(28)17-21-13-14-36(16-21)29(39)26-11-12-26/h3-10,15,18,21,26,30,40H,11-14,16-17,19-20H2,1-2H3/t21-,30?/m1/s1. The van der Waals surface area contributed by atoms with E-state index in [1.807, 2.05) is 29.2 Å². The summed E-state index contributed by atoms with van der Waals surface area (Å²) in [6.07, 6.45) is 5.51. The molecule has 1 saturated carbocycles. The van der Waals surface area contributed by atoms with Gasteiger partial charge in [-0.25, -0.2) is 4.79 Å². The molecule has 3 fully saturated rings. The number of hydrogen-bond acceptors (Lipinski definition) is 7. The molecule has 2 amide bonds. The van der Waals surface area contributed by atoms with E-state index < -0.39 is 17.9 Å². The second kappa shape index (κ2) is 10.3. The van der Waals surface area contributed by atoms with Gasteiger partial charge in [0.1, 0.15) is 11.4 Å². The number of aromatic nitrogens is 2. The third-order valence-electron chi connectivity index (χ3n) is 9.12. The summed E-state index contributed by atoms with van der Waals surface area (Å²) >= 11 is 0. The molecule has 2 atom stereocenters. The van der Waals surface area contributed by atoms with Gasteiger partial charge in [-0.15, -0.1) is 0 Å². The molecule has 1 spiro atoms. The van der Waals surface area contributed by atoms with Crippen LogP contribution in [0.3, 0.4) is 0 Å². The highest BCUT2D eigenvalue weighted by Crippen LogP contribution is 2.39. The molecule has 10 nitrogen and oxygen atoms in total. The molecule has 218 valence electrons.